The molecule has 0 aliphatic carbocycles. The Hall–Kier alpha value is -1.19. The molecular weight excluding hydrogens is 276 g/mol. The maximum atomic E-state index is 12.0. The molecule has 1 heterocycles. The Morgan fingerprint density at radius 2 is 1.89 bits per heavy atom. The van der Waals surface area contributed by atoms with E-state index in [0.717, 1.165) is 4.31 Å². The Balaban J connectivity index is 2.60. The Morgan fingerprint density at radius 1 is 1.37 bits per heavy atom. The van der Waals surface area contributed by atoms with E-state index in [9.17, 15) is 18.0 Å². The van der Waals surface area contributed by atoms with E-state index >= 15 is 0 Å². The molecule has 0 bridgehead atoms. The van der Waals surface area contributed by atoms with Gasteiger partial charge in [-0.25, -0.2) is 0 Å². The minimum Gasteiger partial charge on any atom is -0.481 e. The van der Waals surface area contributed by atoms with Gasteiger partial charge in [0, 0.05) is 13.1 Å². The fourth-order valence-electron chi connectivity index (χ4n) is 1.87. The minimum absolute atomic E-state index is 0.125. The lowest BCUT2D eigenvalue weighted by Gasteiger charge is -2.29. The van der Waals surface area contributed by atoms with E-state index < -0.39 is 34.1 Å². The molecule has 2 N–H and O–H groups in total. The summed E-state index contributed by atoms with van der Waals surface area (Å²) < 4.78 is 31.7. The number of methoxy groups -OCH3 is 1. The predicted octanol–water partition coefficient (Wildman–Crippen LogP) is -0.821. The van der Waals surface area contributed by atoms with Gasteiger partial charge in [0.05, 0.1) is 13.0 Å². The van der Waals surface area contributed by atoms with Crippen molar-refractivity contribution in [2.24, 2.45) is 5.92 Å². The molecule has 110 valence electrons. The first kappa shape index (κ1) is 15.9. The monoisotopic (exact) mass is 294 g/mol. The molecule has 9 heteroatoms. The molecule has 1 aliphatic heterocycles. The topological polar surface area (TPSA) is 113 Å². The van der Waals surface area contributed by atoms with Crippen molar-refractivity contribution < 1.29 is 27.9 Å². The third-order valence-corrected chi connectivity index (χ3v) is 4.72. The fourth-order valence-corrected chi connectivity index (χ4v) is 3.25. The van der Waals surface area contributed by atoms with Crippen LogP contribution in [0.5, 0.6) is 0 Å². The number of rotatable bonds is 5. The van der Waals surface area contributed by atoms with E-state index in [4.69, 9.17) is 5.11 Å². The number of esters is 1. The first-order chi connectivity index (χ1) is 8.77. The number of nitrogens with zero attached hydrogens (tertiary/aromatic N) is 1. The number of hydrogen-bond donors (Lipinski definition) is 2. The second kappa shape index (κ2) is 6.31. The highest BCUT2D eigenvalue weighted by molar-refractivity contribution is 7.87. The number of carboxylic acids is 1. The summed E-state index contributed by atoms with van der Waals surface area (Å²) >= 11 is 0. The maximum Gasteiger partial charge on any atom is 0.323 e. The number of ether oxygens (including phenoxy) is 1. The van der Waals surface area contributed by atoms with Gasteiger partial charge in [-0.15, -0.1) is 0 Å². The molecule has 1 rings (SSSR count). The minimum atomic E-state index is -3.80. The normalized spacial score (nSPS) is 19.9. The molecule has 1 aliphatic rings. The van der Waals surface area contributed by atoms with E-state index in [1.54, 1.807) is 0 Å². The third-order valence-electron chi connectivity index (χ3n) is 3.02. The zero-order chi connectivity index (χ0) is 14.6. The number of hydrogen-bond acceptors (Lipinski definition) is 5. The van der Waals surface area contributed by atoms with E-state index in [2.05, 4.69) is 9.46 Å². The average molecular weight is 294 g/mol. The summed E-state index contributed by atoms with van der Waals surface area (Å²) in [7, 11) is -2.63. The number of carbonyl (C=O) groups is 2. The predicted molar refractivity (Wildman–Crippen MR) is 65.5 cm³/mol. The third kappa shape index (κ3) is 4.15. The molecule has 0 unspecified atom stereocenters. The van der Waals surface area contributed by atoms with Crippen molar-refractivity contribution in [2.45, 2.75) is 25.8 Å². The van der Waals surface area contributed by atoms with Gasteiger partial charge in [0.1, 0.15) is 6.04 Å². The van der Waals surface area contributed by atoms with Crippen molar-refractivity contribution in [3.05, 3.63) is 0 Å². The van der Waals surface area contributed by atoms with Crippen LogP contribution in [0.3, 0.4) is 0 Å². The van der Waals surface area contributed by atoms with Gasteiger partial charge in [-0.2, -0.15) is 17.4 Å². The van der Waals surface area contributed by atoms with Crippen molar-refractivity contribution in [1.82, 2.24) is 9.03 Å². The second-order valence-corrected chi connectivity index (χ2v) is 6.08. The van der Waals surface area contributed by atoms with Crippen molar-refractivity contribution in [1.29, 1.82) is 0 Å². The Labute approximate surface area is 111 Å². The number of piperidine rings is 1. The molecule has 19 heavy (non-hydrogen) atoms. The largest absolute Gasteiger partial charge is 0.481 e. The molecule has 0 amide bonds. The molecule has 8 nitrogen and oxygen atoms in total. The van der Waals surface area contributed by atoms with E-state index in [0.29, 0.717) is 0 Å². The van der Waals surface area contributed by atoms with E-state index in [1.807, 2.05) is 0 Å². The lowest BCUT2D eigenvalue weighted by atomic mass is 9.99. The molecular formula is C10H18N2O6S. The molecule has 0 spiro atoms. The van der Waals surface area contributed by atoms with Crippen LogP contribution in [-0.4, -0.2) is 56.0 Å². The summed E-state index contributed by atoms with van der Waals surface area (Å²) in [5, 5.41) is 8.83. The van der Waals surface area contributed by atoms with Gasteiger partial charge < -0.3 is 9.84 Å². The highest BCUT2D eigenvalue weighted by atomic mass is 32.2. The summed E-state index contributed by atoms with van der Waals surface area (Å²) in [6.07, 6.45) is 0.533. The van der Waals surface area contributed by atoms with Gasteiger partial charge in [-0.1, -0.05) is 0 Å². The van der Waals surface area contributed by atoms with Crippen LogP contribution < -0.4 is 4.72 Å². The lowest BCUT2D eigenvalue weighted by molar-refractivity contribution is -0.143. The van der Waals surface area contributed by atoms with Gasteiger partial charge in [0.2, 0.25) is 0 Å². The molecule has 0 aromatic rings. The Morgan fingerprint density at radius 3 is 2.32 bits per heavy atom. The smallest absolute Gasteiger partial charge is 0.323 e. The Kier molecular flexibility index (Phi) is 5.27. The van der Waals surface area contributed by atoms with Crippen LogP contribution in [-0.2, 0) is 24.5 Å². The second-order valence-electron chi connectivity index (χ2n) is 4.38. The SMILES string of the molecule is COC(=O)[C@H](C)NS(=O)(=O)N1CCC(C(=O)O)CC1. The van der Waals surface area contributed by atoms with Crippen molar-refractivity contribution in [2.75, 3.05) is 20.2 Å². The van der Waals surface area contributed by atoms with Gasteiger partial charge in [0.15, 0.2) is 0 Å². The lowest BCUT2D eigenvalue weighted by Crippen LogP contribution is -2.50. The number of carbonyl (C=O) groups excluding carboxylic acids is 1. The van der Waals surface area contributed by atoms with Gasteiger partial charge in [-0.3, -0.25) is 9.59 Å². The average Bonchev–Trinajstić information content (AvgIpc) is 2.37. The fraction of sp³-hybridized carbons (Fsp3) is 0.800. The molecule has 0 aromatic heterocycles. The van der Waals surface area contributed by atoms with Crippen LogP contribution in [0.4, 0.5) is 0 Å². The molecule has 0 aromatic carbocycles. The van der Waals surface area contributed by atoms with Gasteiger partial charge in [0.25, 0.3) is 10.2 Å². The summed E-state index contributed by atoms with van der Waals surface area (Å²) in [6.45, 7) is 1.63. The molecule has 0 saturated carbocycles. The molecule has 1 atom stereocenters. The van der Waals surface area contributed by atoms with Crippen molar-refractivity contribution in [3.8, 4) is 0 Å². The first-order valence-corrected chi connectivity index (χ1v) is 7.30. The maximum absolute atomic E-state index is 12.0. The summed E-state index contributed by atoms with van der Waals surface area (Å²) in [6, 6.07) is -0.979. The number of nitrogens with one attached hydrogen (secondary N) is 1. The van der Waals surface area contributed by atoms with E-state index in [-0.39, 0.29) is 25.9 Å². The molecule has 1 saturated heterocycles. The van der Waals surface area contributed by atoms with Crippen LogP contribution in [0.1, 0.15) is 19.8 Å². The standard InChI is InChI=1S/C10H18N2O6S/c1-7(10(15)18-2)11-19(16,17)12-5-3-8(4-6-12)9(13)14/h7-8,11H,3-6H2,1-2H3,(H,13,14)/t7-/m0/s1. The van der Waals surface area contributed by atoms with Gasteiger partial charge >= 0.3 is 11.9 Å². The van der Waals surface area contributed by atoms with E-state index in [1.165, 1.54) is 14.0 Å². The summed E-state index contributed by atoms with van der Waals surface area (Å²) in [4.78, 5) is 21.9. The van der Waals surface area contributed by atoms with Crippen molar-refractivity contribution in [3.63, 3.8) is 0 Å². The van der Waals surface area contributed by atoms with Crippen LogP contribution in [0, 0.1) is 5.92 Å². The number of carboxylic acid groups (broad SMARTS) is 1. The summed E-state index contributed by atoms with van der Waals surface area (Å²) in [5.74, 6) is -2.10. The quantitative estimate of drug-likeness (QED) is 0.640. The highest BCUT2D eigenvalue weighted by Gasteiger charge is 2.32. The van der Waals surface area contributed by atoms with Crippen LogP contribution in [0.15, 0.2) is 0 Å². The van der Waals surface area contributed by atoms with Crippen molar-refractivity contribution >= 4 is 22.1 Å². The zero-order valence-corrected chi connectivity index (χ0v) is 11.6. The van der Waals surface area contributed by atoms with Gasteiger partial charge in [-0.05, 0) is 19.8 Å². The van der Waals surface area contributed by atoms with Crippen LogP contribution in [0.2, 0.25) is 0 Å². The molecule has 1 fully saturated rings. The molecule has 0 radical (unpaired) electrons. The number of aliphatic carboxylic acids is 1. The summed E-state index contributed by atoms with van der Waals surface area (Å²) in [5.41, 5.74) is 0. The highest BCUT2D eigenvalue weighted by Crippen LogP contribution is 2.19. The van der Waals surface area contributed by atoms with Crippen LogP contribution in [0.25, 0.3) is 0 Å². The Bertz CT molecular complexity index is 441. The first-order valence-electron chi connectivity index (χ1n) is 5.86. The van der Waals surface area contributed by atoms with Crippen LogP contribution >= 0.6 is 0 Å². The zero-order valence-electron chi connectivity index (χ0n) is 10.8.